The summed E-state index contributed by atoms with van der Waals surface area (Å²) in [7, 11) is 0. The summed E-state index contributed by atoms with van der Waals surface area (Å²) in [6, 6.07) is 2.39. The van der Waals surface area contributed by atoms with Crippen molar-refractivity contribution in [2.24, 2.45) is 11.7 Å². The van der Waals surface area contributed by atoms with Gasteiger partial charge in [-0.05, 0) is 37.0 Å². The maximum atomic E-state index is 13.0. The zero-order valence-electron chi connectivity index (χ0n) is 11.6. The van der Waals surface area contributed by atoms with E-state index in [4.69, 9.17) is 5.73 Å². The van der Waals surface area contributed by atoms with Crippen LogP contribution in [-0.4, -0.2) is 11.9 Å². The Morgan fingerprint density at radius 2 is 2.00 bits per heavy atom. The molecule has 0 aromatic heterocycles. The van der Waals surface area contributed by atoms with Crippen LogP contribution >= 0.6 is 12.4 Å². The van der Waals surface area contributed by atoms with Crippen LogP contribution in [0.25, 0.3) is 0 Å². The number of hydrogen-bond acceptors (Lipinski definition) is 2. The van der Waals surface area contributed by atoms with Gasteiger partial charge in [0, 0.05) is 18.5 Å². The minimum atomic E-state index is -4.65. The highest BCUT2D eigenvalue weighted by Gasteiger charge is 2.34. The van der Waals surface area contributed by atoms with Gasteiger partial charge in [-0.1, -0.05) is 6.07 Å². The maximum Gasteiger partial charge on any atom is 0.416 e. The molecule has 22 heavy (non-hydrogen) atoms. The maximum absolute atomic E-state index is 13.0. The van der Waals surface area contributed by atoms with E-state index in [1.165, 1.54) is 0 Å². The average molecular weight is 341 g/mol. The van der Waals surface area contributed by atoms with Crippen molar-refractivity contribution in [3.63, 3.8) is 0 Å². The van der Waals surface area contributed by atoms with Crippen LogP contribution in [0.3, 0.4) is 0 Å². The number of amides is 1. The third-order valence-electron chi connectivity index (χ3n) is 3.67. The van der Waals surface area contributed by atoms with E-state index < -0.39 is 17.6 Å². The first-order valence-corrected chi connectivity index (χ1v) is 6.66. The second kappa shape index (κ2) is 7.28. The quantitative estimate of drug-likeness (QED) is 0.831. The third kappa shape index (κ3) is 4.58. The summed E-state index contributed by atoms with van der Waals surface area (Å²) in [6.45, 7) is -0.278. The Morgan fingerprint density at radius 3 is 2.55 bits per heavy atom. The van der Waals surface area contributed by atoms with Gasteiger partial charge in [0.2, 0.25) is 5.91 Å². The van der Waals surface area contributed by atoms with Gasteiger partial charge in [-0.3, -0.25) is 4.79 Å². The number of nitrogens with two attached hydrogens (primary N) is 1. The lowest BCUT2D eigenvalue weighted by Crippen LogP contribution is -2.30. The van der Waals surface area contributed by atoms with Crippen molar-refractivity contribution in [2.45, 2.75) is 38.0 Å². The Balaban J connectivity index is 0.00000242. The largest absolute Gasteiger partial charge is 0.416 e. The van der Waals surface area contributed by atoms with Crippen LogP contribution < -0.4 is 11.1 Å². The van der Waals surface area contributed by atoms with Crippen LogP contribution in [0, 0.1) is 11.7 Å². The average Bonchev–Trinajstić information content (AvgIpc) is 2.82. The highest BCUT2D eigenvalue weighted by Crippen LogP contribution is 2.32. The normalized spacial score (nSPS) is 21.3. The number of nitrogens with one attached hydrogen (secondary N) is 1. The molecular formula is C14H17ClF4N2O. The number of carbonyl (C=O) groups is 1. The van der Waals surface area contributed by atoms with E-state index in [2.05, 4.69) is 5.32 Å². The highest BCUT2D eigenvalue weighted by atomic mass is 35.5. The Morgan fingerprint density at radius 1 is 1.32 bits per heavy atom. The van der Waals surface area contributed by atoms with E-state index in [-0.39, 0.29) is 42.4 Å². The van der Waals surface area contributed by atoms with E-state index >= 15 is 0 Å². The molecule has 1 aliphatic rings. The fraction of sp³-hybridized carbons (Fsp3) is 0.500. The second-order valence-corrected chi connectivity index (χ2v) is 5.29. The Bertz CT molecular complexity index is 536. The predicted molar refractivity (Wildman–Crippen MR) is 75.8 cm³/mol. The Hall–Kier alpha value is -1.34. The van der Waals surface area contributed by atoms with Crippen molar-refractivity contribution in [3.05, 3.63) is 35.1 Å². The molecule has 0 heterocycles. The fourth-order valence-electron chi connectivity index (χ4n) is 2.55. The first kappa shape index (κ1) is 18.7. The molecule has 2 unspecified atom stereocenters. The number of hydrogen-bond donors (Lipinski definition) is 2. The summed E-state index contributed by atoms with van der Waals surface area (Å²) in [6.07, 6.45) is -2.73. The molecule has 0 spiro atoms. The smallest absolute Gasteiger partial charge is 0.352 e. The van der Waals surface area contributed by atoms with Crippen molar-refractivity contribution < 1.29 is 22.4 Å². The molecule has 0 saturated heterocycles. The van der Waals surface area contributed by atoms with Crippen molar-refractivity contribution in [2.75, 3.05) is 0 Å². The van der Waals surface area contributed by atoms with E-state index in [0.29, 0.717) is 18.9 Å². The molecule has 3 nitrogen and oxygen atoms in total. The minimum Gasteiger partial charge on any atom is -0.352 e. The Labute approximate surface area is 131 Å². The van der Waals surface area contributed by atoms with E-state index in [9.17, 15) is 22.4 Å². The molecule has 0 bridgehead atoms. The second-order valence-electron chi connectivity index (χ2n) is 5.29. The molecule has 0 aliphatic heterocycles. The van der Waals surface area contributed by atoms with Crippen LogP contribution in [0.4, 0.5) is 17.6 Å². The molecule has 0 radical (unpaired) electrons. The van der Waals surface area contributed by atoms with Crippen LogP contribution in [0.2, 0.25) is 0 Å². The number of benzene rings is 1. The summed E-state index contributed by atoms with van der Waals surface area (Å²) in [5.74, 6) is -1.52. The van der Waals surface area contributed by atoms with Crippen LogP contribution in [-0.2, 0) is 17.5 Å². The molecule has 1 amide bonds. The van der Waals surface area contributed by atoms with Gasteiger partial charge < -0.3 is 11.1 Å². The molecule has 8 heteroatoms. The Kier molecular flexibility index (Phi) is 6.19. The zero-order chi connectivity index (χ0) is 15.6. The molecule has 1 aromatic carbocycles. The predicted octanol–water partition coefficient (Wildman–Crippen LogP) is 3.01. The third-order valence-corrected chi connectivity index (χ3v) is 3.67. The van der Waals surface area contributed by atoms with E-state index in [1.54, 1.807) is 0 Å². The number of rotatable bonds is 3. The van der Waals surface area contributed by atoms with Gasteiger partial charge in [0.05, 0.1) is 5.56 Å². The highest BCUT2D eigenvalue weighted by molar-refractivity contribution is 5.85. The molecule has 1 saturated carbocycles. The molecule has 3 N–H and O–H groups in total. The summed E-state index contributed by atoms with van der Waals surface area (Å²) < 4.78 is 51.4. The van der Waals surface area contributed by atoms with Gasteiger partial charge in [0.1, 0.15) is 5.82 Å². The van der Waals surface area contributed by atoms with Crippen molar-refractivity contribution in [3.8, 4) is 0 Å². The van der Waals surface area contributed by atoms with Crippen molar-refractivity contribution in [1.82, 2.24) is 5.32 Å². The topological polar surface area (TPSA) is 55.1 Å². The van der Waals surface area contributed by atoms with Gasteiger partial charge >= 0.3 is 6.18 Å². The van der Waals surface area contributed by atoms with Crippen molar-refractivity contribution in [1.29, 1.82) is 0 Å². The van der Waals surface area contributed by atoms with Gasteiger partial charge in [-0.25, -0.2) is 4.39 Å². The van der Waals surface area contributed by atoms with Crippen LogP contribution in [0.15, 0.2) is 18.2 Å². The van der Waals surface area contributed by atoms with E-state index in [1.807, 2.05) is 0 Å². The fourth-order valence-corrected chi connectivity index (χ4v) is 2.55. The summed E-state index contributed by atoms with van der Waals surface area (Å²) in [5.41, 5.74) is 4.48. The molecule has 124 valence electrons. The molecule has 1 aromatic rings. The van der Waals surface area contributed by atoms with Gasteiger partial charge in [-0.2, -0.15) is 13.2 Å². The lowest BCUT2D eigenvalue weighted by Gasteiger charge is -2.15. The number of alkyl halides is 3. The monoisotopic (exact) mass is 340 g/mol. The van der Waals surface area contributed by atoms with Gasteiger partial charge in [0.15, 0.2) is 0 Å². The van der Waals surface area contributed by atoms with Gasteiger partial charge in [-0.15, -0.1) is 12.4 Å². The lowest BCUT2D eigenvalue weighted by atomic mass is 10.0. The molecule has 2 rings (SSSR count). The molecule has 2 atom stereocenters. The number of halogens is 5. The summed E-state index contributed by atoms with van der Waals surface area (Å²) >= 11 is 0. The van der Waals surface area contributed by atoms with Crippen molar-refractivity contribution >= 4 is 18.3 Å². The lowest BCUT2D eigenvalue weighted by molar-refractivity contribution is -0.138. The zero-order valence-corrected chi connectivity index (χ0v) is 12.4. The summed E-state index contributed by atoms with van der Waals surface area (Å²) in [4.78, 5) is 11.9. The molecule has 1 fully saturated rings. The minimum absolute atomic E-state index is 0. The molecule has 1 aliphatic carbocycles. The molecular weight excluding hydrogens is 324 g/mol. The van der Waals surface area contributed by atoms with E-state index in [0.717, 1.165) is 18.6 Å². The SMILES string of the molecule is Cl.NC1CCC(C(=O)NCc2ccc(F)cc2C(F)(F)F)C1. The number of carbonyl (C=O) groups excluding carboxylic acids is 1. The van der Waals surface area contributed by atoms with Gasteiger partial charge in [0.25, 0.3) is 0 Å². The summed E-state index contributed by atoms with van der Waals surface area (Å²) in [5, 5.41) is 2.48. The first-order chi connectivity index (χ1) is 9.77. The first-order valence-electron chi connectivity index (χ1n) is 6.66. The van der Waals surface area contributed by atoms with Crippen LogP contribution in [0.5, 0.6) is 0 Å². The standard InChI is InChI=1S/C14H16F4N2O.ClH/c15-10-3-1-9(12(6-10)14(16,17)18)7-20-13(21)8-2-4-11(19)5-8;/h1,3,6,8,11H,2,4-5,7,19H2,(H,20,21);1H. The van der Waals surface area contributed by atoms with Crippen LogP contribution in [0.1, 0.15) is 30.4 Å².